The summed E-state index contributed by atoms with van der Waals surface area (Å²) in [5, 5.41) is 0. The molecular formula is C16H19N3O2. The molecule has 0 aliphatic carbocycles. The second kappa shape index (κ2) is 6.11. The van der Waals surface area contributed by atoms with E-state index in [9.17, 15) is 0 Å². The van der Waals surface area contributed by atoms with E-state index in [4.69, 9.17) is 15.3 Å². The summed E-state index contributed by atoms with van der Waals surface area (Å²) >= 11 is 0. The SMILES string of the molecule is COc1cccnc1C(NN)C1COc2ccccc2C1. The Morgan fingerprint density at radius 2 is 2.19 bits per heavy atom. The van der Waals surface area contributed by atoms with Gasteiger partial charge in [0.2, 0.25) is 0 Å². The van der Waals surface area contributed by atoms with E-state index in [1.165, 1.54) is 5.56 Å². The summed E-state index contributed by atoms with van der Waals surface area (Å²) < 4.78 is 11.2. The lowest BCUT2D eigenvalue weighted by Gasteiger charge is -2.31. The first kappa shape index (κ1) is 13.9. The first-order valence-corrected chi connectivity index (χ1v) is 6.99. The number of pyridine rings is 1. The van der Waals surface area contributed by atoms with Crippen LogP contribution in [0.2, 0.25) is 0 Å². The van der Waals surface area contributed by atoms with Crippen LogP contribution < -0.4 is 20.7 Å². The first-order chi connectivity index (χ1) is 10.3. The number of para-hydroxylation sites is 1. The Labute approximate surface area is 124 Å². The average molecular weight is 285 g/mol. The number of nitrogens with zero attached hydrogens (tertiary/aromatic N) is 1. The number of benzene rings is 1. The Bertz CT molecular complexity index is 618. The summed E-state index contributed by atoms with van der Waals surface area (Å²) in [5.74, 6) is 7.67. The van der Waals surface area contributed by atoms with Gasteiger partial charge in [-0.2, -0.15) is 0 Å². The molecule has 0 amide bonds. The van der Waals surface area contributed by atoms with Gasteiger partial charge in [0.05, 0.1) is 19.8 Å². The second-order valence-corrected chi connectivity index (χ2v) is 5.12. The van der Waals surface area contributed by atoms with Crippen molar-refractivity contribution in [1.82, 2.24) is 10.4 Å². The highest BCUT2D eigenvalue weighted by Gasteiger charge is 2.30. The van der Waals surface area contributed by atoms with E-state index in [-0.39, 0.29) is 12.0 Å². The molecule has 0 saturated heterocycles. The number of hydrazine groups is 1. The molecule has 2 aromatic rings. The van der Waals surface area contributed by atoms with Gasteiger partial charge in [0.1, 0.15) is 17.2 Å². The van der Waals surface area contributed by atoms with Crippen molar-refractivity contribution in [2.24, 2.45) is 11.8 Å². The number of nitrogens with two attached hydrogens (primary N) is 1. The maximum Gasteiger partial charge on any atom is 0.142 e. The van der Waals surface area contributed by atoms with Crippen molar-refractivity contribution in [2.45, 2.75) is 12.5 Å². The van der Waals surface area contributed by atoms with Crippen LogP contribution >= 0.6 is 0 Å². The lowest BCUT2D eigenvalue weighted by Crippen LogP contribution is -2.39. The highest BCUT2D eigenvalue weighted by atomic mass is 16.5. The third-order valence-corrected chi connectivity index (χ3v) is 3.87. The quantitative estimate of drug-likeness (QED) is 0.662. The fourth-order valence-electron chi connectivity index (χ4n) is 2.81. The van der Waals surface area contributed by atoms with Gasteiger partial charge >= 0.3 is 0 Å². The second-order valence-electron chi connectivity index (χ2n) is 5.12. The van der Waals surface area contributed by atoms with Gasteiger partial charge in [-0.15, -0.1) is 0 Å². The van der Waals surface area contributed by atoms with Gasteiger partial charge in [0.15, 0.2) is 0 Å². The van der Waals surface area contributed by atoms with E-state index in [1.807, 2.05) is 30.3 Å². The lowest BCUT2D eigenvalue weighted by molar-refractivity contribution is 0.181. The molecule has 0 fully saturated rings. The Morgan fingerprint density at radius 3 is 3.00 bits per heavy atom. The molecule has 1 aromatic heterocycles. The molecule has 3 N–H and O–H groups in total. The predicted molar refractivity (Wildman–Crippen MR) is 80.0 cm³/mol. The van der Waals surface area contributed by atoms with Crippen molar-refractivity contribution >= 4 is 0 Å². The highest BCUT2D eigenvalue weighted by Crippen LogP contribution is 2.35. The van der Waals surface area contributed by atoms with Crippen LogP contribution in [0.4, 0.5) is 0 Å². The molecule has 0 saturated carbocycles. The van der Waals surface area contributed by atoms with Crippen LogP contribution in [0.5, 0.6) is 11.5 Å². The molecule has 2 unspecified atom stereocenters. The summed E-state index contributed by atoms with van der Waals surface area (Å²) in [6.45, 7) is 0.603. The molecule has 0 radical (unpaired) electrons. The smallest absolute Gasteiger partial charge is 0.142 e. The van der Waals surface area contributed by atoms with Crippen LogP contribution in [0.1, 0.15) is 17.3 Å². The third-order valence-electron chi connectivity index (χ3n) is 3.87. The summed E-state index contributed by atoms with van der Waals surface area (Å²) in [7, 11) is 1.64. The lowest BCUT2D eigenvalue weighted by atomic mass is 9.88. The van der Waals surface area contributed by atoms with Gasteiger partial charge in [-0.05, 0) is 30.2 Å². The topological polar surface area (TPSA) is 69.4 Å². The average Bonchev–Trinajstić information content (AvgIpc) is 2.56. The van der Waals surface area contributed by atoms with Gasteiger partial charge < -0.3 is 9.47 Å². The van der Waals surface area contributed by atoms with E-state index >= 15 is 0 Å². The number of fused-ring (bicyclic) bond motifs is 1. The van der Waals surface area contributed by atoms with E-state index in [0.29, 0.717) is 6.61 Å². The number of ether oxygens (including phenoxy) is 2. The normalized spacial score (nSPS) is 18.5. The van der Waals surface area contributed by atoms with Crippen molar-refractivity contribution in [3.05, 3.63) is 53.9 Å². The first-order valence-electron chi connectivity index (χ1n) is 6.99. The van der Waals surface area contributed by atoms with Crippen molar-refractivity contribution in [3.63, 3.8) is 0 Å². The molecule has 21 heavy (non-hydrogen) atoms. The van der Waals surface area contributed by atoms with E-state index < -0.39 is 0 Å². The number of rotatable bonds is 4. The standard InChI is InChI=1S/C16H19N3O2/c1-20-14-7-4-8-18-16(14)15(19-17)12-9-11-5-2-3-6-13(11)21-10-12/h2-8,12,15,19H,9-10,17H2,1H3. The summed E-state index contributed by atoms with van der Waals surface area (Å²) in [5.41, 5.74) is 4.88. The van der Waals surface area contributed by atoms with Crippen LogP contribution in [-0.2, 0) is 6.42 Å². The van der Waals surface area contributed by atoms with Crippen LogP contribution in [0.3, 0.4) is 0 Å². The molecule has 1 aliphatic heterocycles. The fraction of sp³-hybridized carbons (Fsp3) is 0.312. The predicted octanol–water partition coefficient (Wildman–Crippen LogP) is 1.85. The fourth-order valence-corrected chi connectivity index (χ4v) is 2.81. The van der Waals surface area contributed by atoms with Gasteiger partial charge in [-0.1, -0.05) is 18.2 Å². The molecule has 5 nitrogen and oxygen atoms in total. The summed E-state index contributed by atoms with van der Waals surface area (Å²) in [6.07, 6.45) is 2.64. The number of hydrogen-bond acceptors (Lipinski definition) is 5. The molecule has 0 bridgehead atoms. The minimum atomic E-state index is -0.116. The van der Waals surface area contributed by atoms with Crippen molar-refractivity contribution in [2.75, 3.05) is 13.7 Å². The van der Waals surface area contributed by atoms with Crippen molar-refractivity contribution in [1.29, 1.82) is 0 Å². The summed E-state index contributed by atoms with van der Waals surface area (Å²) in [4.78, 5) is 4.43. The zero-order chi connectivity index (χ0) is 14.7. The number of hydrogen-bond donors (Lipinski definition) is 2. The largest absolute Gasteiger partial charge is 0.495 e. The third kappa shape index (κ3) is 2.70. The maximum absolute atomic E-state index is 5.85. The van der Waals surface area contributed by atoms with Gasteiger partial charge in [-0.25, -0.2) is 0 Å². The Balaban J connectivity index is 1.88. The monoisotopic (exact) mass is 285 g/mol. The van der Waals surface area contributed by atoms with E-state index in [2.05, 4.69) is 16.5 Å². The van der Waals surface area contributed by atoms with E-state index in [1.54, 1.807) is 13.3 Å². The van der Waals surface area contributed by atoms with Gasteiger partial charge in [-0.3, -0.25) is 16.3 Å². The van der Waals surface area contributed by atoms with E-state index in [0.717, 1.165) is 23.6 Å². The molecule has 5 heteroatoms. The van der Waals surface area contributed by atoms with Crippen LogP contribution in [0, 0.1) is 5.92 Å². The molecule has 0 spiro atoms. The molecule has 1 aliphatic rings. The van der Waals surface area contributed by atoms with Crippen LogP contribution in [0.15, 0.2) is 42.6 Å². The minimum absolute atomic E-state index is 0.116. The van der Waals surface area contributed by atoms with Gasteiger partial charge in [0.25, 0.3) is 0 Å². The Morgan fingerprint density at radius 1 is 1.33 bits per heavy atom. The molecule has 110 valence electrons. The van der Waals surface area contributed by atoms with Crippen molar-refractivity contribution < 1.29 is 9.47 Å². The Hall–Kier alpha value is -2.11. The van der Waals surface area contributed by atoms with Crippen LogP contribution in [0.25, 0.3) is 0 Å². The molecular weight excluding hydrogens is 266 g/mol. The molecule has 1 aromatic carbocycles. The summed E-state index contributed by atoms with van der Waals surface area (Å²) in [6, 6.07) is 11.7. The van der Waals surface area contributed by atoms with Gasteiger partial charge in [0, 0.05) is 12.1 Å². The number of aromatic nitrogens is 1. The minimum Gasteiger partial charge on any atom is -0.495 e. The molecule has 2 heterocycles. The Kier molecular flexibility index (Phi) is 4.03. The maximum atomic E-state index is 5.85. The molecule has 2 atom stereocenters. The molecule has 3 rings (SSSR count). The zero-order valence-electron chi connectivity index (χ0n) is 12.0. The zero-order valence-corrected chi connectivity index (χ0v) is 12.0. The van der Waals surface area contributed by atoms with Crippen LogP contribution in [-0.4, -0.2) is 18.7 Å². The van der Waals surface area contributed by atoms with Crippen molar-refractivity contribution in [3.8, 4) is 11.5 Å². The number of nitrogens with one attached hydrogen (secondary N) is 1. The highest BCUT2D eigenvalue weighted by molar-refractivity contribution is 5.36. The number of methoxy groups -OCH3 is 1.